The minimum absolute atomic E-state index is 0. The van der Waals surface area contributed by atoms with Crippen LogP contribution in [-0.2, 0) is 13.1 Å². The summed E-state index contributed by atoms with van der Waals surface area (Å²) < 4.78 is 13.6. The van der Waals surface area contributed by atoms with Gasteiger partial charge in [0.2, 0.25) is 0 Å². The van der Waals surface area contributed by atoms with E-state index in [2.05, 4.69) is 39.0 Å². The summed E-state index contributed by atoms with van der Waals surface area (Å²) in [5.41, 5.74) is 0.896. The molecule has 0 fully saturated rings. The molecule has 2 heterocycles. The molecule has 0 radical (unpaired) electrons. The van der Waals surface area contributed by atoms with Crippen LogP contribution in [-0.4, -0.2) is 35.8 Å². The van der Waals surface area contributed by atoms with Crippen molar-refractivity contribution in [3.05, 3.63) is 36.4 Å². The zero-order valence-corrected chi connectivity index (χ0v) is 18.4. The highest BCUT2D eigenvalue weighted by Crippen LogP contribution is 2.32. The molecular weight excluding hydrogens is 457 g/mol. The lowest BCUT2D eigenvalue weighted by Crippen LogP contribution is -2.31. The van der Waals surface area contributed by atoms with E-state index in [4.69, 9.17) is 9.47 Å². The molecule has 0 bridgehead atoms. The Bertz CT molecular complexity index is 760. The molecule has 2 N–H and O–H groups in total. The fourth-order valence-corrected chi connectivity index (χ4v) is 2.79. The number of hydrogen-bond acceptors (Lipinski definition) is 4. The Balaban J connectivity index is 0.00000261. The maximum Gasteiger partial charge on any atom is 0.195 e. The van der Waals surface area contributed by atoms with Crippen molar-refractivity contribution in [2.45, 2.75) is 33.4 Å². The first-order chi connectivity index (χ1) is 12.7. The predicted molar refractivity (Wildman–Crippen MR) is 118 cm³/mol. The Morgan fingerprint density at radius 1 is 1.26 bits per heavy atom. The van der Waals surface area contributed by atoms with Crippen molar-refractivity contribution in [1.82, 2.24) is 14.9 Å². The molecule has 148 valence electrons. The number of imidazole rings is 1. The monoisotopic (exact) mass is 485 g/mol. The fourth-order valence-electron chi connectivity index (χ4n) is 2.79. The first kappa shape index (κ1) is 21.3. The van der Waals surface area contributed by atoms with Crippen LogP contribution in [0.15, 0.2) is 35.6 Å². The van der Waals surface area contributed by atoms with Gasteiger partial charge in [-0.25, -0.2) is 4.98 Å². The van der Waals surface area contributed by atoms with E-state index in [-0.39, 0.29) is 24.0 Å². The Morgan fingerprint density at radius 3 is 2.78 bits per heavy atom. The van der Waals surface area contributed by atoms with Crippen LogP contribution in [0.3, 0.4) is 0 Å². The van der Waals surface area contributed by atoms with Gasteiger partial charge in [-0.15, -0.1) is 24.0 Å². The van der Waals surface area contributed by atoms with Gasteiger partial charge < -0.3 is 24.7 Å². The SMILES string of the molecule is CN=C(NCc1nccn1CC(C)C)Nc1ccc2c(c1)OCCCO2.I. The molecule has 0 atom stereocenters. The van der Waals surface area contributed by atoms with Gasteiger partial charge in [0.1, 0.15) is 5.82 Å². The molecule has 1 aromatic carbocycles. The molecule has 1 aliphatic rings. The third-order valence-corrected chi connectivity index (χ3v) is 4.01. The van der Waals surface area contributed by atoms with Crippen LogP contribution >= 0.6 is 24.0 Å². The molecule has 7 nitrogen and oxygen atoms in total. The van der Waals surface area contributed by atoms with Crippen molar-refractivity contribution in [1.29, 1.82) is 0 Å². The van der Waals surface area contributed by atoms with Gasteiger partial charge in [0.15, 0.2) is 17.5 Å². The number of halogens is 1. The van der Waals surface area contributed by atoms with E-state index in [0.29, 0.717) is 31.6 Å². The second-order valence-corrected chi connectivity index (χ2v) is 6.65. The molecule has 0 saturated heterocycles. The lowest BCUT2D eigenvalue weighted by molar-refractivity contribution is 0.297. The molecular formula is C19H28IN5O2. The summed E-state index contributed by atoms with van der Waals surface area (Å²) in [7, 11) is 1.75. The first-order valence-electron chi connectivity index (χ1n) is 9.03. The number of benzene rings is 1. The van der Waals surface area contributed by atoms with Crippen molar-refractivity contribution in [3.8, 4) is 11.5 Å². The largest absolute Gasteiger partial charge is 0.490 e. The maximum absolute atomic E-state index is 5.74. The van der Waals surface area contributed by atoms with Crippen LogP contribution in [0, 0.1) is 5.92 Å². The van der Waals surface area contributed by atoms with Gasteiger partial charge in [-0.1, -0.05) is 13.8 Å². The second-order valence-electron chi connectivity index (χ2n) is 6.65. The highest BCUT2D eigenvalue weighted by Gasteiger charge is 2.12. The number of aromatic nitrogens is 2. The summed E-state index contributed by atoms with van der Waals surface area (Å²) in [6, 6.07) is 5.82. The van der Waals surface area contributed by atoms with Crippen LogP contribution in [0.5, 0.6) is 11.5 Å². The Hall–Kier alpha value is -1.97. The van der Waals surface area contributed by atoms with E-state index in [1.54, 1.807) is 7.05 Å². The van der Waals surface area contributed by atoms with Gasteiger partial charge >= 0.3 is 0 Å². The van der Waals surface area contributed by atoms with E-state index in [1.807, 2.05) is 30.6 Å². The second kappa shape index (κ2) is 10.4. The topological polar surface area (TPSA) is 72.7 Å². The van der Waals surface area contributed by atoms with E-state index in [9.17, 15) is 0 Å². The number of ether oxygens (including phenoxy) is 2. The van der Waals surface area contributed by atoms with E-state index in [1.165, 1.54) is 0 Å². The van der Waals surface area contributed by atoms with E-state index in [0.717, 1.165) is 36.0 Å². The number of fused-ring (bicyclic) bond motifs is 1. The Labute approximate surface area is 177 Å². The molecule has 8 heteroatoms. The smallest absolute Gasteiger partial charge is 0.195 e. The van der Waals surface area contributed by atoms with Crippen molar-refractivity contribution < 1.29 is 9.47 Å². The number of nitrogens with one attached hydrogen (secondary N) is 2. The zero-order chi connectivity index (χ0) is 18.4. The van der Waals surface area contributed by atoms with E-state index >= 15 is 0 Å². The Morgan fingerprint density at radius 2 is 2.04 bits per heavy atom. The number of hydrogen-bond donors (Lipinski definition) is 2. The minimum Gasteiger partial charge on any atom is -0.490 e. The third kappa shape index (κ3) is 6.02. The van der Waals surface area contributed by atoms with Gasteiger partial charge in [0.05, 0.1) is 19.8 Å². The molecule has 0 spiro atoms. The van der Waals surface area contributed by atoms with Gasteiger partial charge in [-0.05, 0) is 18.1 Å². The standard InChI is InChI=1S/C19H27N5O2.HI/c1-14(2)13-24-8-7-21-18(24)12-22-19(20-3)23-15-5-6-16-17(11-15)26-10-4-9-25-16;/h5-8,11,14H,4,9-10,12-13H2,1-3H3,(H2,20,22,23);1H. The fraction of sp³-hybridized carbons (Fsp3) is 0.474. The van der Waals surface area contributed by atoms with Crippen LogP contribution in [0.25, 0.3) is 0 Å². The summed E-state index contributed by atoms with van der Waals surface area (Å²) in [6.07, 6.45) is 4.74. The number of aliphatic imine (C=N–C) groups is 1. The van der Waals surface area contributed by atoms with Crippen molar-refractivity contribution >= 4 is 35.6 Å². The summed E-state index contributed by atoms with van der Waals surface area (Å²) in [5.74, 6) is 3.78. The summed E-state index contributed by atoms with van der Waals surface area (Å²) in [6.45, 7) is 7.30. The average Bonchev–Trinajstić information content (AvgIpc) is 2.92. The minimum atomic E-state index is 0. The lowest BCUT2D eigenvalue weighted by atomic mass is 10.2. The predicted octanol–water partition coefficient (Wildman–Crippen LogP) is 3.51. The lowest BCUT2D eigenvalue weighted by Gasteiger charge is -2.15. The molecule has 1 aliphatic heterocycles. The molecule has 3 rings (SSSR count). The molecule has 2 aromatic rings. The van der Waals surface area contributed by atoms with Crippen LogP contribution < -0.4 is 20.1 Å². The maximum atomic E-state index is 5.74. The van der Waals surface area contributed by atoms with Gasteiger partial charge in [-0.2, -0.15) is 0 Å². The summed E-state index contributed by atoms with van der Waals surface area (Å²) >= 11 is 0. The van der Waals surface area contributed by atoms with Crippen molar-refractivity contribution in [3.63, 3.8) is 0 Å². The Kier molecular flexibility index (Phi) is 8.21. The van der Waals surface area contributed by atoms with Gasteiger partial charge in [-0.3, -0.25) is 4.99 Å². The molecule has 27 heavy (non-hydrogen) atoms. The number of nitrogens with zero attached hydrogens (tertiary/aromatic N) is 3. The van der Waals surface area contributed by atoms with Gasteiger partial charge in [0, 0.05) is 44.2 Å². The van der Waals surface area contributed by atoms with Gasteiger partial charge in [0.25, 0.3) is 0 Å². The summed E-state index contributed by atoms with van der Waals surface area (Å²) in [4.78, 5) is 8.72. The molecule has 0 saturated carbocycles. The average molecular weight is 485 g/mol. The zero-order valence-electron chi connectivity index (χ0n) is 16.1. The van der Waals surface area contributed by atoms with Crippen molar-refractivity contribution in [2.75, 3.05) is 25.6 Å². The first-order valence-corrected chi connectivity index (χ1v) is 9.03. The molecule has 0 unspecified atom stereocenters. The van der Waals surface area contributed by atoms with Crippen LogP contribution in [0.2, 0.25) is 0 Å². The number of rotatable bonds is 5. The van der Waals surface area contributed by atoms with Crippen molar-refractivity contribution in [2.24, 2.45) is 10.9 Å². The number of anilines is 1. The highest BCUT2D eigenvalue weighted by molar-refractivity contribution is 14.0. The quantitative estimate of drug-likeness (QED) is 0.386. The van der Waals surface area contributed by atoms with E-state index < -0.39 is 0 Å². The molecule has 1 aromatic heterocycles. The normalized spacial score (nSPS) is 13.7. The molecule has 0 amide bonds. The third-order valence-electron chi connectivity index (χ3n) is 4.01. The number of guanidine groups is 1. The summed E-state index contributed by atoms with van der Waals surface area (Å²) in [5, 5.41) is 6.60. The van der Waals surface area contributed by atoms with Crippen LogP contribution in [0.1, 0.15) is 26.1 Å². The highest BCUT2D eigenvalue weighted by atomic mass is 127. The molecule has 0 aliphatic carbocycles. The van der Waals surface area contributed by atoms with Crippen LogP contribution in [0.4, 0.5) is 5.69 Å².